The van der Waals surface area contributed by atoms with Gasteiger partial charge >= 0.3 is 5.51 Å². The van der Waals surface area contributed by atoms with Crippen LogP contribution in [-0.4, -0.2) is 191 Å². The van der Waals surface area contributed by atoms with Gasteiger partial charge in [0.2, 0.25) is 17.7 Å². The van der Waals surface area contributed by atoms with E-state index >= 15 is 0 Å². The zero-order chi connectivity index (χ0) is 74.2. The Kier molecular flexibility index (Phi) is 26.9. The fraction of sp³-hybridized carbons (Fsp3) is 0.452. The molecule has 558 valence electrons. The van der Waals surface area contributed by atoms with E-state index in [2.05, 4.69) is 62.0 Å². The van der Waals surface area contributed by atoms with Crippen molar-refractivity contribution in [3.63, 3.8) is 0 Å². The van der Waals surface area contributed by atoms with Crippen LogP contribution in [0.1, 0.15) is 127 Å². The number of hydrogen-bond acceptors (Lipinski definition) is 20. The number of aromatic nitrogens is 3. The Morgan fingerprint density at radius 3 is 2.24 bits per heavy atom. The number of carbonyl (C=O) groups excluding carboxylic acids is 6. The van der Waals surface area contributed by atoms with Crippen molar-refractivity contribution >= 4 is 101 Å². The average molecular weight is 1520 g/mol. The van der Waals surface area contributed by atoms with Crippen LogP contribution in [-0.2, 0) is 61.6 Å². The molecule has 2 fully saturated rings. The number of benzene rings is 5. The number of piperidine rings is 1. The summed E-state index contributed by atoms with van der Waals surface area (Å²) >= 11 is 7.57. The van der Waals surface area contributed by atoms with Crippen molar-refractivity contribution in [2.75, 3.05) is 107 Å². The van der Waals surface area contributed by atoms with E-state index in [9.17, 15) is 58.8 Å². The fourth-order valence-electron chi connectivity index (χ4n) is 12.9. The predicted octanol–water partition coefficient (Wildman–Crippen LogP) is 10.3. The van der Waals surface area contributed by atoms with Gasteiger partial charge in [-0.25, -0.2) is 21.6 Å². The summed E-state index contributed by atoms with van der Waals surface area (Å²) in [7, 11) is -9.53. The van der Waals surface area contributed by atoms with Crippen molar-refractivity contribution < 1.29 is 73.0 Å². The highest BCUT2D eigenvalue weighted by Crippen LogP contribution is 2.43. The van der Waals surface area contributed by atoms with Crippen LogP contribution in [0.4, 0.5) is 30.2 Å². The SMILES string of the molecule is CN(CC[C@H](CSc1ccccc1)Nc1ccc(S(=O)(=O)NC(=O)c2ccc(N3CCN(CC4=C(c5ccc(Cl)cc5)CCC(C)(C)C4)CC3)cc2)cc1S(=O)(=O)C(F)(F)F)C(=O)CCCCCCn1cc(COCCOCCOCCNc2cccc3c2C(=O)N(C2CCC(=O)NC2=O)C3=O)nn1. The molecule has 10 rings (SSSR count). The summed E-state index contributed by atoms with van der Waals surface area (Å²) in [5, 5.41) is 17.3. The Hall–Kier alpha value is -8.23. The third-order valence-electron chi connectivity index (χ3n) is 18.7. The molecule has 2 saturated heterocycles. The number of anilines is 3. The number of amides is 6. The third kappa shape index (κ3) is 20.8. The number of rotatable bonds is 36. The summed E-state index contributed by atoms with van der Waals surface area (Å²) in [6.07, 6.45) is 8.24. The lowest BCUT2D eigenvalue weighted by molar-refractivity contribution is -0.136. The first-order valence-electron chi connectivity index (χ1n) is 34.7. The standard InChI is InChI=1S/C73H87ClF3N11O13S3/c1-72(2)31-29-59(50-17-21-53(74)22-18-50)52(45-72)46-85-35-37-86(38-36-85)56-23-19-51(20-24-56)68(91)82-104(97,98)58-25-26-61(64(44-58)103(95,96)73(75,76)77)79-54(49-102-57-12-7-6-8-13-57)30-34-84(3)66(90)16-9-4-5-10-33-87-47-55(81-83-87)48-101-43-42-100-41-40-99-39-32-78-62-15-11-14-60-67(62)71(94)88(70(60)93)63-27-28-65(89)80-69(63)92/h6-8,11-15,17-26,44,47,54,63,78-79H,4-5,9-10,16,27-43,45-46,48-49H2,1-3H3,(H,82,91)(H,80,89,92)/t54-,63?/m1/s1. The number of halogens is 4. The molecule has 104 heavy (non-hydrogen) atoms. The largest absolute Gasteiger partial charge is 0.501 e. The number of thioether (sulfide) groups is 1. The number of nitrogens with one attached hydrogen (secondary N) is 4. The van der Waals surface area contributed by atoms with E-state index in [-0.39, 0.29) is 79.2 Å². The molecule has 0 saturated carbocycles. The lowest BCUT2D eigenvalue weighted by Crippen LogP contribution is -2.54. The molecule has 4 heterocycles. The summed E-state index contributed by atoms with van der Waals surface area (Å²) < 4.78 is 118. The number of imide groups is 2. The normalized spacial score (nSPS) is 16.9. The van der Waals surface area contributed by atoms with Crippen molar-refractivity contribution in [2.45, 2.75) is 130 Å². The van der Waals surface area contributed by atoms with E-state index in [0.29, 0.717) is 81.5 Å². The number of carbonyl (C=O) groups is 6. The molecular weight excluding hydrogens is 1430 g/mol. The van der Waals surface area contributed by atoms with Gasteiger partial charge in [-0.2, -0.15) is 13.2 Å². The summed E-state index contributed by atoms with van der Waals surface area (Å²) in [4.78, 5) is 83.1. The van der Waals surface area contributed by atoms with E-state index < -0.39 is 82.5 Å². The van der Waals surface area contributed by atoms with Gasteiger partial charge in [-0.15, -0.1) is 16.9 Å². The Balaban J connectivity index is 0.630. The minimum Gasteiger partial charge on any atom is -0.382 e. The van der Waals surface area contributed by atoms with Crippen molar-refractivity contribution in [3.8, 4) is 0 Å². The number of hydrogen-bond donors (Lipinski definition) is 4. The first kappa shape index (κ1) is 78.4. The maximum absolute atomic E-state index is 14.5. The zero-order valence-corrected chi connectivity index (χ0v) is 61.5. The number of sulfonamides is 1. The monoisotopic (exact) mass is 1510 g/mol. The molecule has 1 unspecified atom stereocenters. The Labute approximate surface area is 613 Å². The number of aryl methyl sites for hydroxylation is 1. The van der Waals surface area contributed by atoms with Gasteiger partial charge in [0.1, 0.15) is 16.6 Å². The van der Waals surface area contributed by atoms with E-state index in [1.807, 2.05) is 47.2 Å². The number of fused-ring (bicyclic) bond motifs is 1. The van der Waals surface area contributed by atoms with E-state index in [0.717, 1.165) is 85.8 Å². The molecule has 5 aromatic carbocycles. The van der Waals surface area contributed by atoms with Crippen molar-refractivity contribution in [1.29, 1.82) is 0 Å². The molecular formula is C73H87ClF3N11O13S3. The highest BCUT2D eigenvalue weighted by Gasteiger charge is 2.49. The molecule has 24 nitrogen and oxygen atoms in total. The van der Waals surface area contributed by atoms with Gasteiger partial charge in [-0.05, 0) is 140 Å². The molecule has 6 aromatic rings. The van der Waals surface area contributed by atoms with E-state index in [4.69, 9.17) is 25.8 Å². The lowest BCUT2D eigenvalue weighted by Gasteiger charge is -2.39. The second-order valence-electron chi connectivity index (χ2n) is 26.9. The average Bonchev–Trinajstić information content (AvgIpc) is 1.55. The number of unbranched alkanes of at least 4 members (excludes halogenated alkanes) is 3. The molecule has 4 N–H and O–H groups in total. The first-order chi connectivity index (χ1) is 49.7. The van der Waals surface area contributed by atoms with Crippen molar-refractivity contribution in [2.24, 2.45) is 5.41 Å². The number of allylic oxidation sites excluding steroid dienone is 1. The minimum atomic E-state index is -6.19. The van der Waals surface area contributed by atoms with Gasteiger partial charge in [0.05, 0.1) is 67.5 Å². The molecule has 1 aromatic heterocycles. The van der Waals surface area contributed by atoms with Crippen LogP contribution in [0.5, 0.6) is 0 Å². The van der Waals surface area contributed by atoms with Crippen molar-refractivity contribution in [3.05, 3.63) is 160 Å². The minimum absolute atomic E-state index is 0.0282. The highest BCUT2D eigenvalue weighted by atomic mass is 35.5. The second-order valence-corrected chi connectivity index (χ2v) is 32.0. The van der Waals surface area contributed by atoms with Gasteiger partial charge in [0.15, 0.2) is 0 Å². The number of nitrogens with zero attached hydrogens (tertiary/aromatic N) is 7. The Morgan fingerprint density at radius 2 is 1.52 bits per heavy atom. The molecule has 0 spiro atoms. The summed E-state index contributed by atoms with van der Waals surface area (Å²) in [5.74, 6) is -3.34. The maximum Gasteiger partial charge on any atom is 0.501 e. The van der Waals surface area contributed by atoms with Crippen LogP contribution in [0.3, 0.4) is 0 Å². The molecule has 0 bridgehead atoms. The fourth-order valence-corrected chi connectivity index (χ4v) is 16.1. The molecule has 3 aliphatic heterocycles. The topological polar surface area (TPSA) is 290 Å². The lowest BCUT2D eigenvalue weighted by atomic mass is 9.73. The van der Waals surface area contributed by atoms with Crippen LogP contribution in [0.15, 0.2) is 142 Å². The third-order valence-corrected chi connectivity index (χ3v) is 22.9. The molecule has 2 atom stereocenters. The summed E-state index contributed by atoms with van der Waals surface area (Å²) in [6, 6.07) is 28.8. The number of ether oxygens (including phenoxy) is 3. The van der Waals surface area contributed by atoms with Gasteiger partial charge in [0, 0.05) is 111 Å². The van der Waals surface area contributed by atoms with E-state index in [1.54, 1.807) is 42.2 Å². The number of alkyl halides is 3. The quantitative estimate of drug-likeness (QED) is 0.0161. The predicted molar refractivity (Wildman–Crippen MR) is 388 cm³/mol. The van der Waals surface area contributed by atoms with Crippen LogP contribution >= 0.6 is 23.4 Å². The Bertz CT molecular complexity index is 4300. The van der Waals surface area contributed by atoms with E-state index in [1.165, 1.54) is 51.6 Å². The molecule has 4 aliphatic rings. The smallest absolute Gasteiger partial charge is 0.382 e. The van der Waals surface area contributed by atoms with Crippen LogP contribution in [0.25, 0.3) is 5.57 Å². The van der Waals surface area contributed by atoms with Crippen LogP contribution < -0.4 is 25.6 Å². The number of sulfone groups is 1. The highest BCUT2D eigenvalue weighted by molar-refractivity contribution is 7.99. The van der Waals surface area contributed by atoms with Gasteiger partial charge < -0.3 is 34.6 Å². The first-order valence-corrected chi connectivity index (χ1v) is 39.0. The molecule has 1 aliphatic carbocycles. The van der Waals surface area contributed by atoms with Crippen LogP contribution in [0, 0.1) is 5.41 Å². The van der Waals surface area contributed by atoms with Gasteiger partial charge in [0.25, 0.3) is 37.6 Å². The Morgan fingerprint density at radius 1 is 0.808 bits per heavy atom. The molecule has 31 heteroatoms. The molecule has 0 radical (unpaired) electrons. The zero-order valence-electron chi connectivity index (χ0n) is 58.3. The molecule has 6 amide bonds. The summed E-state index contributed by atoms with van der Waals surface area (Å²) in [5.41, 5.74) is 0.00736. The summed E-state index contributed by atoms with van der Waals surface area (Å²) in [6.45, 7) is 11.2. The second kappa shape index (κ2) is 35.7. The van der Waals surface area contributed by atoms with Gasteiger partial charge in [-0.1, -0.05) is 85.5 Å². The number of piperazine rings is 1. The van der Waals surface area contributed by atoms with Gasteiger partial charge in [-0.3, -0.25) is 48.6 Å². The van der Waals surface area contributed by atoms with Crippen LogP contribution in [0.2, 0.25) is 5.02 Å². The maximum atomic E-state index is 14.5. The van der Waals surface area contributed by atoms with Crippen molar-refractivity contribution in [1.82, 2.24) is 39.7 Å².